The molecule has 0 heterocycles. The van der Waals surface area contributed by atoms with Crippen LogP contribution in [0, 0.1) is 11.3 Å². The summed E-state index contributed by atoms with van der Waals surface area (Å²) < 4.78 is 20.2. The van der Waals surface area contributed by atoms with Gasteiger partial charge in [0.2, 0.25) is 9.05 Å². The summed E-state index contributed by atoms with van der Waals surface area (Å²) in [6.07, 6.45) is 0. The van der Waals surface area contributed by atoms with E-state index in [-0.39, 0.29) is 0 Å². The van der Waals surface area contributed by atoms with Gasteiger partial charge in [-0.1, -0.05) is 0 Å². The average molecular weight is 154 g/mol. The van der Waals surface area contributed by atoms with Crippen LogP contribution in [0.5, 0.6) is 0 Å². The Morgan fingerprint density at radius 3 is 2.12 bits per heavy atom. The highest BCUT2D eigenvalue weighted by Crippen LogP contribution is 2.03. The molecule has 0 aromatic heterocycles. The summed E-state index contributed by atoms with van der Waals surface area (Å²) in [5.41, 5.74) is 0. The van der Waals surface area contributed by atoms with E-state index in [2.05, 4.69) is 0 Å². The highest BCUT2D eigenvalue weighted by Gasteiger charge is 2.15. The van der Waals surface area contributed by atoms with Crippen molar-refractivity contribution < 1.29 is 8.42 Å². The molecule has 0 spiro atoms. The molecule has 46 valence electrons. The molecule has 0 radical (unpaired) electrons. The summed E-state index contributed by atoms with van der Waals surface area (Å²) in [7, 11) is 1.09. The molecule has 0 saturated carbocycles. The van der Waals surface area contributed by atoms with Crippen molar-refractivity contribution in [3.8, 4) is 6.07 Å². The van der Waals surface area contributed by atoms with Crippen molar-refractivity contribution in [2.75, 3.05) is 0 Å². The fraction of sp³-hybridized carbons (Fsp3) is 0.667. The van der Waals surface area contributed by atoms with Crippen LogP contribution in [-0.2, 0) is 9.05 Å². The largest absolute Gasteiger partial charge is 0.248 e. The Labute approximate surface area is 52.3 Å². The maximum absolute atomic E-state index is 10.1. The van der Waals surface area contributed by atoms with E-state index in [1.807, 2.05) is 0 Å². The van der Waals surface area contributed by atoms with Crippen LogP contribution >= 0.6 is 10.7 Å². The summed E-state index contributed by atoms with van der Waals surface area (Å²) >= 11 is 0. The lowest BCUT2D eigenvalue weighted by Crippen LogP contribution is -2.07. The zero-order chi connectivity index (χ0) is 6.78. The normalized spacial score (nSPS) is 14.6. The van der Waals surface area contributed by atoms with Crippen LogP contribution in [0.2, 0.25) is 0 Å². The van der Waals surface area contributed by atoms with Gasteiger partial charge in [0.05, 0.1) is 6.07 Å². The number of halogens is 1. The van der Waals surface area contributed by atoms with Crippen molar-refractivity contribution in [2.24, 2.45) is 0 Å². The van der Waals surface area contributed by atoms with E-state index < -0.39 is 14.3 Å². The van der Waals surface area contributed by atoms with Crippen molar-refractivity contribution in [1.82, 2.24) is 0 Å². The fourth-order valence-corrected chi connectivity index (χ4v) is 0.308. The first-order chi connectivity index (χ1) is 3.48. The van der Waals surface area contributed by atoms with Crippen molar-refractivity contribution in [3.63, 3.8) is 0 Å². The molecule has 0 saturated heterocycles. The minimum Gasteiger partial charge on any atom is -0.211 e. The van der Waals surface area contributed by atoms with Crippen LogP contribution < -0.4 is 0 Å². The SMILES string of the molecule is C[C@H](C#N)S(=O)(=O)Cl. The minimum absolute atomic E-state index is 1.11. The Morgan fingerprint density at radius 1 is 1.75 bits per heavy atom. The molecule has 3 nitrogen and oxygen atoms in total. The van der Waals surface area contributed by atoms with Crippen LogP contribution in [0.15, 0.2) is 0 Å². The number of rotatable bonds is 1. The van der Waals surface area contributed by atoms with E-state index in [1.165, 1.54) is 13.0 Å². The summed E-state index contributed by atoms with van der Waals surface area (Å²) in [6.45, 7) is 1.22. The Balaban J connectivity index is 4.34. The van der Waals surface area contributed by atoms with Gasteiger partial charge in [-0.3, -0.25) is 0 Å². The molecule has 5 heteroatoms. The van der Waals surface area contributed by atoms with Crippen LogP contribution in [-0.4, -0.2) is 13.7 Å². The van der Waals surface area contributed by atoms with Gasteiger partial charge in [-0.15, -0.1) is 0 Å². The number of nitrogens with zero attached hydrogens (tertiary/aromatic N) is 1. The molecule has 0 aliphatic heterocycles. The van der Waals surface area contributed by atoms with Crippen LogP contribution in [0.4, 0.5) is 0 Å². The number of nitriles is 1. The third-order valence-corrected chi connectivity index (χ3v) is 2.36. The quantitative estimate of drug-likeness (QED) is 0.515. The molecule has 0 aromatic rings. The predicted molar refractivity (Wildman–Crippen MR) is 29.8 cm³/mol. The highest BCUT2D eigenvalue weighted by atomic mass is 35.7. The first kappa shape index (κ1) is 7.73. The summed E-state index contributed by atoms with van der Waals surface area (Å²) in [5.74, 6) is 0. The van der Waals surface area contributed by atoms with Crippen LogP contribution in [0.25, 0.3) is 0 Å². The molecule has 0 N–H and O–H groups in total. The molecule has 0 rings (SSSR count). The zero-order valence-corrected chi connectivity index (χ0v) is 5.70. The van der Waals surface area contributed by atoms with Gasteiger partial charge in [-0.25, -0.2) is 8.42 Å². The Hall–Kier alpha value is -0.270. The third-order valence-electron chi connectivity index (χ3n) is 0.604. The molecule has 0 amide bonds. The first-order valence-corrected chi connectivity index (χ1v) is 4.19. The van der Waals surface area contributed by atoms with Gasteiger partial charge in [-0.2, -0.15) is 5.26 Å². The van der Waals surface area contributed by atoms with Crippen LogP contribution in [0.1, 0.15) is 6.92 Å². The Bertz CT molecular complexity index is 202. The lowest BCUT2D eigenvalue weighted by atomic mass is 10.5. The molecule has 0 aliphatic carbocycles. The van der Waals surface area contributed by atoms with Crippen molar-refractivity contribution in [3.05, 3.63) is 0 Å². The predicted octanol–water partition coefficient (Wildman–Crippen LogP) is 0.467. The molecule has 0 aromatic carbocycles. The monoisotopic (exact) mass is 153 g/mol. The van der Waals surface area contributed by atoms with E-state index in [0.29, 0.717) is 0 Å². The molecule has 1 atom stereocenters. The second kappa shape index (κ2) is 2.33. The lowest BCUT2D eigenvalue weighted by Gasteiger charge is -1.90. The zero-order valence-electron chi connectivity index (χ0n) is 4.13. The minimum atomic E-state index is -3.64. The average Bonchev–Trinajstić information content (AvgIpc) is 1.62. The van der Waals surface area contributed by atoms with E-state index in [1.54, 1.807) is 0 Å². The summed E-state index contributed by atoms with van der Waals surface area (Å²) in [5, 5.41) is 6.85. The first-order valence-electron chi connectivity index (χ1n) is 1.81. The highest BCUT2D eigenvalue weighted by molar-refractivity contribution is 8.14. The van der Waals surface area contributed by atoms with Gasteiger partial charge in [0, 0.05) is 10.7 Å². The second-order valence-electron chi connectivity index (χ2n) is 1.25. The van der Waals surface area contributed by atoms with Crippen molar-refractivity contribution in [2.45, 2.75) is 12.2 Å². The van der Waals surface area contributed by atoms with Crippen molar-refractivity contribution in [1.29, 1.82) is 5.26 Å². The molecule has 0 bridgehead atoms. The Morgan fingerprint density at radius 2 is 2.12 bits per heavy atom. The standard InChI is InChI=1S/C3H4ClNO2S/c1-3(2-5)8(4,6)7/h3H,1H3/t3-/m1/s1. The van der Waals surface area contributed by atoms with Crippen molar-refractivity contribution >= 4 is 19.7 Å². The van der Waals surface area contributed by atoms with E-state index in [4.69, 9.17) is 15.9 Å². The van der Waals surface area contributed by atoms with Gasteiger partial charge in [-0.05, 0) is 6.92 Å². The van der Waals surface area contributed by atoms with E-state index >= 15 is 0 Å². The fourth-order valence-electron chi connectivity index (χ4n) is 0.0630. The topological polar surface area (TPSA) is 57.9 Å². The maximum Gasteiger partial charge on any atom is 0.248 e. The smallest absolute Gasteiger partial charge is 0.211 e. The molecule has 0 fully saturated rings. The van der Waals surface area contributed by atoms with Gasteiger partial charge >= 0.3 is 0 Å². The van der Waals surface area contributed by atoms with Gasteiger partial charge in [0.25, 0.3) is 0 Å². The molecular weight excluding hydrogens is 150 g/mol. The molecule has 0 aliphatic rings. The number of hydrogen-bond donors (Lipinski definition) is 0. The van der Waals surface area contributed by atoms with Crippen LogP contribution in [0.3, 0.4) is 0 Å². The molecule has 0 unspecified atom stereocenters. The maximum atomic E-state index is 10.1. The summed E-state index contributed by atoms with van der Waals surface area (Å²) in [4.78, 5) is 0. The van der Waals surface area contributed by atoms with E-state index in [0.717, 1.165) is 0 Å². The van der Waals surface area contributed by atoms with E-state index in [9.17, 15) is 8.42 Å². The molecule has 8 heavy (non-hydrogen) atoms. The Kier molecular flexibility index (Phi) is 2.26. The lowest BCUT2D eigenvalue weighted by molar-refractivity contribution is 0.606. The van der Waals surface area contributed by atoms with Gasteiger partial charge in [0.15, 0.2) is 5.25 Å². The van der Waals surface area contributed by atoms with Gasteiger partial charge < -0.3 is 0 Å². The molecular formula is C3H4ClNO2S. The summed E-state index contributed by atoms with van der Waals surface area (Å²) in [6, 6.07) is 1.48. The second-order valence-corrected chi connectivity index (χ2v) is 4.20. The third kappa shape index (κ3) is 2.15. The number of hydrogen-bond acceptors (Lipinski definition) is 3. The van der Waals surface area contributed by atoms with Gasteiger partial charge in [0.1, 0.15) is 0 Å².